The number of aromatic nitrogens is 2. The molecule has 0 aliphatic carbocycles. The van der Waals surface area contributed by atoms with E-state index in [2.05, 4.69) is 50.4 Å². The van der Waals surface area contributed by atoms with Crippen molar-refractivity contribution < 1.29 is 0 Å². The van der Waals surface area contributed by atoms with Gasteiger partial charge < -0.3 is 5.32 Å². The molecule has 0 unspecified atom stereocenters. The second-order valence-electron chi connectivity index (χ2n) is 4.07. The van der Waals surface area contributed by atoms with E-state index in [1.165, 1.54) is 0 Å². The lowest BCUT2D eigenvalue weighted by atomic mass is 10.3. The van der Waals surface area contributed by atoms with Crippen molar-refractivity contribution in [1.82, 2.24) is 15.3 Å². The standard InChI is InChI=1S/C12H14BrN3S/c1-8(2)15-6-11-7-17-12(16-11)9-3-10(13)5-14-4-9/h3-5,7-8,15H,6H2,1-2H3. The molecule has 0 saturated heterocycles. The summed E-state index contributed by atoms with van der Waals surface area (Å²) in [5.74, 6) is 0. The maximum Gasteiger partial charge on any atom is 0.125 e. The Labute approximate surface area is 113 Å². The molecule has 90 valence electrons. The van der Waals surface area contributed by atoms with Crippen LogP contribution in [0.15, 0.2) is 28.3 Å². The molecule has 0 atom stereocenters. The molecule has 0 spiro atoms. The summed E-state index contributed by atoms with van der Waals surface area (Å²) in [4.78, 5) is 8.74. The third-order valence-corrected chi connectivity index (χ3v) is 3.57. The normalized spacial score (nSPS) is 11.1. The fourth-order valence-electron chi connectivity index (χ4n) is 1.36. The maximum absolute atomic E-state index is 4.59. The van der Waals surface area contributed by atoms with Gasteiger partial charge >= 0.3 is 0 Å². The van der Waals surface area contributed by atoms with E-state index in [9.17, 15) is 0 Å². The van der Waals surface area contributed by atoms with Gasteiger partial charge in [-0.3, -0.25) is 4.98 Å². The predicted octanol–water partition coefficient (Wildman–Crippen LogP) is 3.47. The van der Waals surface area contributed by atoms with Gasteiger partial charge in [0.25, 0.3) is 0 Å². The van der Waals surface area contributed by atoms with Crippen molar-refractivity contribution in [3.8, 4) is 10.6 Å². The molecule has 0 aromatic carbocycles. The van der Waals surface area contributed by atoms with Crippen molar-refractivity contribution in [3.63, 3.8) is 0 Å². The first kappa shape index (κ1) is 12.7. The summed E-state index contributed by atoms with van der Waals surface area (Å²) >= 11 is 5.07. The fourth-order valence-corrected chi connectivity index (χ4v) is 2.52. The molecule has 0 amide bonds. The molecule has 5 heteroatoms. The van der Waals surface area contributed by atoms with Gasteiger partial charge in [0.1, 0.15) is 5.01 Å². The summed E-state index contributed by atoms with van der Waals surface area (Å²) in [7, 11) is 0. The molecular formula is C12H14BrN3S. The fraction of sp³-hybridized carbons (Fsp3) is 0.333. The summed E-state index contributed by atoms with van der Waals surface area (Å²) in [6, 6.07) is 2.51. The third kappa shape index (κ3) is 3.59. The van der Waals surface area contributed by atoms with Crippen LogP contribution < -0.4 is 5.32 Å². The zero-order chi connectivity index (χ0) is 12.3. The molecule has 2 heterocycles. The molecule has 2 aromatic heterocycles. The van der Waals surface area contributed by atoms with Crippen molar-refractivity contribution in [2.75, 3.05) is 0 Å². The maximum atomic E-state index is 4.59. The second kappa shape index (κ2) is 5.71. The highest BCUT2D eigenvalue weighted by Crippen LogP contribution is 2.25. The Kier molecular flexibility index (Phi) is 4.25. The number of nitrogens with zero attached hydrogens (tertiary/aromatic N) is 2. The molecule has 17 heavy (non-hydrogen) atoms. The van der Waals surface area contributed by atoms with E-state index in [1.54, 1.807) is 17.5 Å². The van der Waals surface area contributed by atoms with Crippen LogP contribution in [0.1, 0.15) is 19.5 Å². The number of hydrogen-bond acceptors (Lipinski definition) is 4. The summed E-state index contributed by atoms with van der Waals surface area (Å²) in [5, 5.41) is 6.46. The lowest BCUT2D eigenvalue weighted by Gasteiger charge is -2.04. The summed E-state index contributed by atoms with van der Waals surface area (Å²) in [5.41, 5.74) is 2.14. The summed E-state index contributed by atoms with van der Waals surface area (Å²) in [6.07, 6.45) is 3.61. The molecule has 3 nitrogen and oxygen atoms in total. The van der Waals surface area contributed by atoms with Crippen LogP contribution in [0.2, 0.25) is 0 Å². The van der Waals surface area contributed by atoms with Crippen LogP contribution in [0.3, 0.4) is 0 Å². The minimum atomic E-state index is 0.479. The average Bonchev–Trinajstić information content (AvgIpc) is 2.75. The first-order valence-electron chi connectivity index (χ1n) is 5.44. The minimum absolute atomic E-state index is 0.479. The van der Waals surface area contributed by atoms with Crippen molar-refractivity contribution in [2.45, 2.75) is 26.4 Å². The summed E-state index contributed by atoms with van der Waals surface area (Å²) in [6.45, 7) is 5.08. The SMILES string of the molecule is CC(C)NCc1csc(-c2cncc(Br)c2)n1. The monoisotopic (exact) mass is 311 g/mol. The van der Waals surface area contributed by atoms with Crippen LogP contribution in [0.25, 0.3) is 10.6 Å². The van der Waals surface area contributed by atoms with Gasteiger partial charge in [0.05, 0.1) is 5.69 Å². The molecule has 0 aliphatic heterocycles. The quantitative estimate of drug-likeness (QED) is 0.939. The number of halogens is 1. The van der Waals surface area contributed by atoms with Crippen LogP contribution in [0, 0.1) is 0 Å². The van der Waals surface area contributed by atoms with Crippen molar-refractivity contribution in [3.05, 3.63) is 34.0 Å². The van der Waals surface area contributed by atoms with E-state index >= 15 is 0 Å². The Balaban J connectivity index is 2.12. The van der Waals surface area contributed by atoms with Gasteiger partial charge in [-0.2, -0.15) is 0 Å². The topological polar surface area (TPSA) is 37.8 Å². The van der Waals surface area contributed by atoms with Gasteiger partial charge in [0, 0.05) is 40.4 Å². The van der Waals surface area contributed by atoms with Crippen molar-refractivity contribution in [2.24, 2.45) is 0 Å². The predicted molar refractivity (Wildman–Crippen MR) is 75.0 cm³/mol. The smallest absolute Gasteiger partial charge is 0.125 e. The molecule has 0 fully saturated rings. The zero-order valence-electron chi connectivity index (χ0n) is 9.77. The average molecular weight is 312 g/mol. The van der Waals surface area contributed by atoms with Crippen LogP contribution in [0.5, 0.6) is 0 Å². The van der Waals surface area contributed by atoms with Gasteiger partial charge in [-0.05, 0) is 22.0 Å². The lowest BCUT2D eigenvalue weighted by Crippen LogP contribution is -2.21. The first-order valence-corrected chi connectivity index (χ1v) is 7.11. The van der Waals surface area contributed by atoms with Crippen LogP contribution in [-0.2, 0) is 6.54 Å². The number of nitrogens with one attached hydrogen (secondary N) is 1. The van der Waals surface area contributed by atoms with Gasteiger partial charge in [0.15, 0.2) is 0 Å². The molecule has 0 aliphatic rings. The minimum Gasteiger partial charge on any atom is -0.309 e. The highest BCUT2D eigenvalue weighted by atomic mass is 79.9. The van der Waals surface area contributed by atoms with E-state index in [0.717, 1.165) is 27.3 Å². The molecule has 0 radical (unpaired) electrons. The Bertz CT molecular complexity index is 496. The molecule has 0 saturated carbocycles. The molecule has 2 aromatic rings. The van der Waals surface area contributed by atoms with Gasteiger partial charge in [0.2, 0.25) is 0 Å². The molecular weight excluding hydrogens is 298 g/mol. The van der Waals surface area contributed by atoms with Crippen LogP contribution in [-0.4, -0.2) is 16.0 Å². The Morgan fingerprint density at radius 2 is 2.24 bits per heavy atom. The zero-order valence-corrected chi connectivity index (χ0v) is 12.2. The lowest BCUT2D eigenvalue weighted by molar-refractivity contribution is 0.583. The van der Waals surface area contributed by atoms with Gasteiger partial charge in [-0.15, -0.1) is 11.3 Å². The van der Waals surface area contributed by atoms with Crippen molar-refractivity contribution in [1.29, 1.82) is 0 Å². The number of pyridine rings is 1. The largest absolute Gasteiger partial charge is 0.309 e. The molecule has 1 N–H and O–H groups in total. The van der Waals surface area contributed by atoms with Crippen LogP contribution in [0.4, 0.5) is 0 Å². The highest BCUT2D eigenvalue weighted by Gasteiger charge is 2.05. The van der Waals surface area contributed by atoms with Gasteiger partial charge in [-0.1, -0.05) is 13.8 Å². The first-order chi connectivity index (χ1) is 8.15. The Morgan fingerprint density at radius 1 is 1.41 bits per heavy atom. The van der Waals surface area contributed by atoms with Gasteiger partial charge in [-0.25, -0.2) is 4.98 Å². The second-order valence-corrected chi connectivity index (χ2v) is 5.85. The highest BCUT2D eigenvalue weighted by molar-refractivity contribution is 9.10. The Morgan fingerprint density at radius 3 is 2.94 bits per heavy atom. The summed E-state index contributed by atoms with van der Waals surface area (Å²) < 4.78 is 0.979. The third-order valence-electron chi connectivity index (χ3n) is 2.20. The van der Waals surface area contributed by atoms with Crippen LogP contribution >= 0.6 is 27.3 Å². The van der Waals surface area contributed by atoms with E-state index < -0.39 is 0 Å². The van der Waals surface area contributed by atoms with E-state index in [0.29, 0.717) is 6.04 Å². The number of rotatable bonds is 4. The van der Waals surface area contributed by atoms with E-state index in [4.69, 9.17) is 0 Å². The Hall–Kier alpha value is -0.780. The number of hydrogen-bond donors (Lipinski definition) is 1. The number of thiazole rings is 1. The van der Waals surface area contributed by atoms with E-state index in [1.807, 2.05) is 12.3 Å². The molecule has 0 bridgehead atoms. The van der Waals surface area contributed by atoms with Crippen molar-refractivity contribution >= 4 is 27.3 Å². The van der Waals surface area contributed by atoms with E-state index in [-0.39, 0.29) is 0 Å². The molecule has 2 rings (SSSR count).